The van der Waals surface area contributed by atoms with Crippen LogP contribution in [0, 0.1) is 0 Å². The van der Waals surface area contributed by atoms with Crippen molar-refractivity contribution in [3.63, 3.8) is 0 Å². The van der Waals surface area contributed by atoms with E-state index in [1.807, 2.05) is 29.0 Å². The molecular weight excluding hydrogens is 385 g/mol. The molecule has 0 bridgehead atoms. The van der Waals surface area contributed by atoms with Crippen molar-refractivity contribution in [1.29, 1.82) is 0 Å². The summed E-state index contributed by atoms with van der Waals surface area (Å²) in [5.74, 6) is 0.0695. The summed E-state index contributed by atoms with van der Waals surface area (Å²) in [4.78, 5) is 0. The van der Waals surface area contributed by atoms with E-state index in [1.165, 1.54) is 0 Å². The molecule has 1 saturated heterocycles. The van der Waals surface area contributed by atoms with E-state index in [4.69, 9.17) is 0 Å². The first-order chi connectivity index (χ1) is 14.4. The third kappa shape index (κ3) is 3.21. The normalized spacial score (nSPS) is 21.2. The SMILES string of the molecule is CC1(C)CC(n2ccc3cc(-c4ccc(-n5ccnn5)cc4O)nnc32)[C@@H](F)CN1. The molecule has 0 saturated carbocycles. The van der Waals surface area contributed by atoms with Gasteiger partial charge in [0.05, 0.1) is 29.8 Å². The Hall–Kier alpha value is -3.33. The molecular formula is C21H22FN7O. The first-order valence-electron chi connectivity index (χ1n) is 9.85. The summed E-state index contributed by atoms with van der Waals surface area (Å²) in [6, 6.07) is 8.68. The summed E-state index contributed by atoms with van der Waals surface area (Å²) < 4.78 is 18.1. The van der Waals surface area contributed by atoms with Crippen LogP contribution in [0.15, 0.2) is 48.9 Å². The molecule has 0 aliphatic carbocycles. The number of aromatic nitrogens is 6. The van der Waals surface area contributed by atoms with E-state index in [0.717, 1.165) is 5.39 Å². The first kappa shape index (κ1) is 18.7. The highest BCUT2D eigenvalue weighted by Crippen LogP contribution is 2.34. The van der Waals surface area contributed by atoms with Crippen molar-refractivity contribution in [3.8, 4) is 22.7 Å². The lowest BCUT2D eigenvalue weighted by Crippen LogP contribution is -2.52. The Morgan fingerprint density at radius 3 is 2.80 bits per heavy atom. The molecule has 1 aliphatic rings. The Balaban J connectivity index is 1.50. The van der Waals surface area contributed by atoms with Gasteiger partial charge >= 0.3 is 0 Å². The fraction of sp³-hybridized carbons (Fsp3) is 0.333. The minimum Gasteiger partial charge on any atom is -0.507 e. The van der Waals surface area contributed by atoms with Crippen molar-refractivity contribution in [2.45, 2.75) is 38.0 Å². The van der Waals surface area contributed by atoms with Crippen molar-refractivity contribution in [2.75, 3.05) is 6.54 Å². The molecule has 9 heteroatoms. The highest BCUT2D eigenvalue weighted by atomic mass is 19.1. The highest BCUT2D eigenvalue weighted by Gasteiger charge is 2.36. The molecule has 1 aliphatic heterocycles. The van der Waals surface area contributed by atoms with Gasteiger partial charge in [-0.2, -0.15) is 0 Å². The average Bonchev–Trinajstić information content (AvgIpc) is 3.39. The van der Waals surface area contributed by atoms with Crippen LogP contribution < -0.4 is 5.32 Å². The maximum atomic E-state index is 14.7. The number of piperidine rings is 1. The summed E-state index contributed by atoms with van der Waals surface area (Å²) in [5.41, 5.74) is 2.30. The van der Waals surface area contributed by atoms with Crippen LogP contribution in [-0.4, -0.2) is 53.1 Å². The molecule has 3 aromatic heterocycles. The second-order valence-electron chi connectivity index (χ2n) is 8.33. The number of halogens is 1. The van der Waals surface area contributed by atoms with Crippen LogP contribution in [-0.2, 0) is 0 Å². The Morgan fingerprint density at radius 1 is 1.17 bits per heavy atom. The van der Waals surface area contributed by atoms with Crippen LogP contribution in [0.5, 0.6) is 5.75 Å². The number of alkyl halides is 1. The topological polar surface area (TPSA) is 93.7 Å². The van der Waals surface area contributed by atoms with Gasteiger partial charge in [-0.15, -0.1) is 15.3 Å². The zero-order chi connectivity index (χ0) is 20.9. The van der Waals surface area contributed by atoms with Gasteiger partial charge in [0.1, 0.15) is 11.9 Å². The summed E-state index contributed by atoms with van der Waals surface area (Å²) in [7, 11) is 0. The number of aromatic hydroxyl groups is 1. The Kier molecular flexibility index (Phi) is 4.28. The van der Waals surface area contributed by atoms with Crippen LogP contribution in [0.2, 0.25) is 0 Å². The van der Waals surface area contributed by atoms with E-state index in [1.54, 1.807) is 29.2 Å². The fourth-order valence-electron chi connectivity index (χ4n) is 4.08. The Morgan fingerprint density at radius 2 is 2.03 bits per heavy atom. The molecule has 0 amide bonds. The highest BCUT2D eigenvalue weighted by molar-refractivity contribution is 5.81. The Bertz CT molecular complexity index is 1200. The van der Waals surface area contributed by atoms with Gasteiger partial charge < -0.3 is 15.0 Å². The monoisotopic (exact) mass is 407 g/mol. The minimum absolute atomic E-state index is 0.0695. The lowest BCUT2D eigenvalue weighted by atomic mass is 9.88. The van der Waals surface area contributed by atoms with Gasteiger partial charge in [-0.05, 0) is 44.5 Å². The summed E-state index contributed by atoms with van der Waals surface area (Å²) in [6.07, 6.45) is 4.80. The number of hydrogen-bond acceptors (Lipinski definition) is 6. The molecule has 154 valence electrons. The van der Waals surface area contributed by atoms with Crippen molar-refractivity contribution >= 4 is 11.0 Å². The molecule has 5 rings (SSSR count). The quantitative estimate of drug-likeness (QED) is 0.542. The molecule has 4 heterocycles. The molecule has 2 N–H and O–H groups in total. The summed E-state index contributed by atoms with van der Waals surface area (Å²) >= 11 is 0. The minimum atomic E-state index is -0.997. The van der Waals surface area contributed by atoms with Gasteiger partial charge in [0.25, 0.3) is 0 Å². The molecule has 0 spiro atoms. The number of hydrogen-bond donors (Lipinski definition) is 2. The molecule has 0 radical (unpaired) electrons. The number of phenols is 1. The van der Waals surface area contributed by atoms with Crippen LogP contribution in [0.3, 0.4) is 0 Å². The number of rotatable bonds is 3. The van der Waals surface area contributed by atoms with E-state index >= 15 is 0 Å². The van der Waals surface area contributed by atoms with Crippen molar-refractivity contribution in [3.05, 3.63) is 48.9 Å². The maximum absolute atomic E-state index is 14.7. The van der Waals surface area contributed by atoms with Gasteiger partial charge in [-0.1, -0.05) is 5.21 Å². The van der Waals surface area contributed by atoms with Crippen molar-refractivity contribution < 1.29 is 9.50 Å². The molecule has 8 nitrogen and oxygen atoms in total. The third-order valence-electron chi connectivity index (χ3n) is 5.68. The molecule has 1 unspecified atom stereocenters. The van der Waals surface area contributed by atoms with E-state index in [2.05, 4.69) is 39.7 Å². The Labute approximate surface area is 172 Å². The van der Waals surface area contributed by atoms with E-state index in [9.17, 15) is 9.50 Å². The molecule has 1 aromatic carbocycles. The second kappa shape index (κ2) is 6.88. The summed E-state index contributed by atoms with van der Waals surface area (Å²) in [5, 5.41) is 31.0. The van der Waals surface area contributed by atoms with Gasteiger partial charge in [0.2, 0.25) is 0 Å². The fourth-order valence-corrected chi connectivity index (χ4v) is 4.08. The van der Waals surface area contributed by atoms with Gasteiger partial charge in [0, 0.05) is 35.3 Å². The predicted molar refractivity (Wildman–Crippen MR) is 110 cm³/mol. The number of nitrogens with zero attached hydrogens (tertiary/aromatic N) is 6. The predicted octanol–water partition coefficient (Wildman–Crippen LogP) is 3.04. The van der Waals surface area contributed by atoms with E-state index in [0.29, 0.717) is 35.6 Å². The number of fused-ring (bicyclic) bond motifs is 1. The number of nitrogens with one attached hydrogen (secondary N) is 1. The zero-order valence-corrected chi connectivity index (χ0v) is 16.7. The molecule has 1 fully saturated rings. The van der Waals surface area contributed by atoms with Crippen LogP contribution in [0.1, 0.15) is 26.3 Å². The lowest BCUT2D eigenvalue weighted by molar-refractivity contribution is 0.125. The first-order valence-corrected chi connectivity index (χ1v) is 9.85. The van der Waals surface area contributed by atoms with Gasteiger partial charge in [-0.25, -0.2) is 9.07 Å². The van der Waals surface area contributed by atoms with Crippen molar-refractivity contribution in [2.24, 2.45) is 0 Å². The number of phenolic OH excluding ortho intramolecular Hbond substituents is 1. The lowest BCUT2D eigenvalue weighted by Gasteiger charge is -2.39. The van der Waals surface area contributed by atoms with Crippen molar-refractivity contribution in [1.82, 2.24) is 35.1 Å². The molecule has 4 aromatic rings. The zero-order valence-electron chi connectivity index (χ0n) is 16.7. The standard InChI is InChI=1S/C21H22FN7O/c1-21(2)11-18(16(22)12-23-21)28-7-5-13-9-17(25-26-20(13)28)15-4-3-14(10-19(15)30)29-8-6-24-27-29/h3-10,16,18,23,30H,11-12H2,1-2H3/t16-,18?/m0/s1. The largest absolute Gasteiger partial charge is 0.507 e. The molecule has 2 atom stereocenters. The average molecular weight is 407 g/mol. The van der Waals surface area contributed by atoms with Gasteiger partial charge in [0.15, 0.2) is 5.65 Å². The van der Waals surface area contributed by atoms with Crippen LogP contribution >= 0.6 is 0 Å². The number of benzene rings is 1. The van der Waals surface area contributed by atoms with Crippen LogP contribution in [0.25, 0.3) is 28.0 Å². The molecule has 30 heavy (non-hydrogen) atoms. The smallest absolute Gasteiger partial charge is 0.162 e. The second-order valence-corrected chi connectivity index (χ2v) is 8.33. The van der Waals surface area contributed by atoms with E-state index in [-0.39, 0.29) is 17.3 Å². The third-order valence-corrected chi connectivity index (χ3v) is 5.68. The van der Waals surface area contributed by atoms with E-state index < -0.39 is 6.17 Å². The van der Waals surface area contributed by atoms with Crippen LogP contribution in [0.4, 0.5) is 4.39 Å². The summed E-state index contributed by atoms with van der Waals surface area (Å²) in [6.45, 7) is 4.47. The maximum Gasteiger partial charge on any atom is 0.162 e. The van der Waals surface area contributed by atoms with Gasteiger partial charge in [-0.3, -0.25) is 0 Å².